The molecular weight excluding hydrogens is 268 g/mol. The van der Waals surface area contributed by atoms with E-state index in [4.69, 9.17) is 0 Å². The van der Waals surface area contributed by atoms with Crippen molar-refractivity contribution in [2.24, 2.45) is 0 Å². The summed E-state index contributed by atoms with van der Waals surface area (Å²) in [7, 11) is 0. The third-order valence-corrected chi connectivity index (χ3v) is 3.39. The summed E-state index contributed by atoms with van der Waals surface area (Å²) in [6.45, 7) is 2.64. The maximum Gasteiger partial charge on any atom is 0.273 e. The molecule has 2 aromatic rings. The Morgan fingerprint density at radius 1 is 1.19 bits per heavy atom. The Kier molecular flexibility index (Phi) is 5.03. The zero-order valence-electron chi connectivity index (χ0n) is 11.8. The molecule has 5 nitrogen and oxygen atoms in total. The monoisotopic (exact) mass is 286 g/mol. The normalized spacial score (nSPS) is 12.1. The molecule has 0 aliphatic rings. The summed E-state index contributed by atoms with van der Waals surface area (Å²) in [6, 6.07) is 14.2. The highest BCUT2D eigenvalue weighted by atomic mass is 16.6. The number of nitro benzene ring substituents is 1. The van der Waals surface area contributed by atoms with Crippen LogP contribution in [0.5, 0.6) is 0 Å². The van der Waals surface area contributed by atoms with E-state index in [1.54, 1.807) is 18.2 Å². The molecule has 0 heterocycles. The first-order valence-electron chi connectivity index (χ1n) is 6.76. The lowest BCUT2D eigenvalue weighted by Gasteiger charge is -2.14. The number of nitrogens with zero attached hydrogens (tertiary/aromatic N) is 1. The molecular formula is C16H18N2O3. The minimum atomic E-state index is -0.631. The van der Waals surface area contributed by atoms with Crippen LogP contribution < -0.4 is 5.32 Å². The van der Waals surface area contributed by atoms with Crippen LogP contribution in [0, 0.1) is 17.0 Å². The van der Waals surface area contributed by atoms with E-state index < -0.39 is 11.0 Å². The minimum absolute atomic E-state index is 0.0929. The first kappa shape index (κ1) is 15.2. The summed E-state index contributed by atoms with van der Waals surface area (Å²) in [5.74, 6) is 0. The van der Waals surface area contributed by atoms with Gasteiger partial charge in [-0.25, -0.2) is 0 Å². The summed E-state index contributed by atoms with van der Waals surface area (Å²) < 4.78 is 0. The van der Waals surface area contributed by atoms with Gasteiger partial charge in [0.2, 0.25) is 0 Å². The standard InChI is InChI=1S/C16H18N2O3/c1-12-6-2-4-8-14(12)16(19)11-17-10-13-7-3-5-9-15(13)18(20)21/h2-9,16-17,19H,10-11H2,1H3. The molecule has 2 N–H and O–H groups in total. The van der Waals surface area contributed by atoms with Crippen molar-refractivity contribution < 1.29 is 10.0 Å². The van der Waals surface area contributed by atoms with Crippen molar-refractivity contribution in [3.63, 3.8) is 0 Å². The number of rotatable bonds is 6. The SMILES string of the molecule is Cc1ccccc1C(O)CNCc1ccccc1[N+](=O)[O-]. The van der Waals surface area contributed by atoms with Gasteiger partial charge in [-0.15, -0.1) is 0 Å². The molecule has 0 saturated heterocycles. The molecule has 1 atom stereocenters. The fourth-order valence-electron chi connectivity index (χ4n) is 2.25. The molecule has 21 heavy (non-hydrogen) atoms. The number of hydrogen-bond acceptors (Lipinski definition) is 4. The second kappa shape index (κ2) is 6.97. The molecule has 5 heteroatoms. The number of aliphatic hydroxyl groups is 1. The predicted octanol–water partition coefficient (Wildman–Crippen LogP) is 2.73. The van der Waals surface area contributed by atoms with Crippen molar-refractivity contribution in [1.82, 2.24) is 5.32 Å². The molecule has 0 aromatic heterocycles. The van der Waals surface area contributed by atoms with Gasteiger partial charge in [0.1, 0.15) is 0 Å². The van der Waals surface area contributed by atoms with Gasteiger partial charge in [-0.3, -0.25) is 10.1 Å². The molecule has 110 valence electrons. The van der Waals surface area contributed by atoms with Crippen LogP contribution in [-0.4, -0.2) is 16.6 Å². The zero-order chi connectivity index (χ0) is 15.2. The second-order valence-electron chi connectivity index (χ2n) is 4.89. The molecule has 0 radical (unpaired) electrons. The average Bonchev–Trinajstić information content (AvgIpc) is 2.48. The Hall–Kier alpha value is -2.24. The van der Waals surface area contributed by atoms with Gasteiger partial charge < -0.3 is 10.4 Å². The highest BCUT2D eigenvalue weighted by molar-refractivity contribution is 5.39. The molecule has 0 amide bonds. The van der Waals surface area contributed by atoms with Crippen molar-refractivity contribution in [2.75, 3.05) is 6.54 Å². The van der Waals surface area contributed by atoms with Gasteiger partial charge in [-0.2, -0.15) is 0 Å². The molecule has 2 rings (SSSR count). The first-order chi connectivity index (χ1) is 10.1. The minimum Gasteiger partial charge on any atom is -0.387 e. The molecule has 0 bridgehead atoms. The van der Waals surface area contributed by atoms with Crippen molar-refractivity contribution in [3.05, 3.63) is 75.3 Å². The van der Waals surface area contributed by atoms with E-state index in [1.807, 2.05) is 31.2 Å². The Bertz CT molecular complexity index is 628. The van der Waals surface area contributed by atoms with Crippen molar-refractivity contribution >= 4 is 5.69 Å². The van der Waals surface area contributed by atoms with Gasteiger partial charge in [0.15, 0.2) is 0 Å². The number of nitrogens with one attached hydrogen (secondary N) is 1. The Balaban J connectivity index is 1.96. The van der Waals surface area contributed by atoms with Gasteiger partial charge in [-0.05, 0) is 18.1 Å². The molecule has 1 unspecified atom stereocenters. The summed E-state index contributed by atoms with van der Waals surface area (Å²) in [5.41, 5.74) is 2.60. The van der Waals surface area contributed by atoms with E-state index >= 15 is 0 Å². The summed E-state index contributed by atoms with van der Waals surface area (Å²) in [6.07, 6.45) is -0.631. The van der Waals surface area contributed by atoms with Gasteiger partial charge in [0.25, 0.3) is 5.69 Å². The van der Waals surface area contributed by atoms with Crippen molar-refractivity contribution in [2.45, 2.75) is 19.6 Å². The van der Waals surface area contributed by atoms with Crippen LogP contribution in [0.3, 0.4) is 0 Å². The Morgan fingerprint density at radius 2 is 1.86 bits per heavy atom. The maximum atomic E-state index is 10.9. The van der Waals surface area contributed by atoms with Crippen molar-refractivity contribution in [1.29, 1.82) is 0 Å². The van der Waals surface area contributed by atoms with Crippen LogP contribution in [0.1, 0.15) is 22.8 Å². The van der Waals surface area contributed by atoms with Gasteiger partial charge in [0, 0.05) is 24.7 Å². The number of aryl methyl sites for hydroxylation is 1. The average molecular weight is 286 g/mol. The molecule has 0 aliphatic heterocycles. The predicted molar refractivity (Wildman–Crippen MR) is 80.9 cm³/mol. The number of nitro groups is 1. The van der Waals surface area contributed by atoms with Crippen LogP contribution in [0.25, 0.3) is 0 Å². The second-order valence-corrected chi connectivity index (χ2v) is 4.89. The largest absolute Gasteiger partial charge is 0.387 e. The topological polar surface area (TPSA) is 75.4 Å². The zero-order valence-corrected chi connectivity index (χ0v) is 11.8. The Labute approximate surface area is 123 Å². The number of aliphatic hydroxyl groups excluding tert-OH is 1. The highest BCUT2D eigenvalue weighted by Crippen LogP contribution is 2.19. The van der Waals surface area contributed by atoms with Gasteiger partial charge >= 0.3 is 0 Å². The summed E-state index contributed by atoms with van der Waals surface area (Å²) >= 11 is 0. The van der Waals surface area contributed by atoms with Crippen LogP contribution >= 0.6 is 0 Å². The molecule has 0 fully saturated rings. The van der Waals surface area contributed by atoms with E-state index in [2.05, 4.69) is 5.32 Å². The van der Waals surface area contributed by atoms with Crippen LogP contribution in [-0.2, 0) is 6.54 Å². The highest BCUT2D eigenvalue weighted by Gasteiger charge is 2.13. The third-order valence-electron chi connectivity index (χ3n) is 3.39. The summed E-state index contributed by atoms with van der Waals surface area (Å²) in [4.78, 5) is 10.5. The Morgan fingerprint density at radius 3 is 2.57 bits per heavy atom. The van der Waals surface area contributed by atoms with Gasteiger partial charge in [0.05, 0.1) is 11.0 Å². The van der Waals surface area contributed by atoms with Crippen molar-refractivity contribution in [3.8, 4) is 0 Å². The smallest absolute Gasteiger partial charge is 0.273 e. The first-order valence-corrected chi connectivity index (χ1v) is 6.76. The van der Waals surface area contributed by atoms with E-state index in [-0.39, 0.29) is 5.69 Å². The molecule has 0 aliphatic carbocycles. The fourth-order valence-corrected chi connectivity index (χ4v) is 2.25. The van der Waals surface area contributed by atoms with E-state index in [0.717, 1.165) is 11.1 Å². The van der Waals surface area contributed by atoms with Crippen LogP contribution in [0.4, 0.5) is 5.69 Å². The number of hydrogen-bond donors (Lipinski definition) is 2. The van der Waals surface area contributed by atoms with Crippen LogP contribution in [0.15, 0.2) is 48.5 Å². The lowest BCUT2D eigenvalue weighted by atomic mass is 10.0. The van der Waals surface area contributed by atoms with Crippen LogP contribution in [0.2, 0.25) is 0 Å². The lowest BCUT2D eigenvalue weighted by molar-refractivity contribution is -0.385. The van der Waals surface area contributed by atoms with E-state index in [0.29, 0.717) is 18.7 Å². The number of benzene rings is 2. The number of para-hydroxylation sites is 1. The fraction of sp³-hybridized carbons (Fsp3) is 0.250. The van der Waals surface area contributed by atoms with Gasteiger partial charge in [-0.1, -0.05) is 42.5 Å². The molecule has 0 saturated carbocycles. The maximum absolute atomic E-state index is 10.9. The summed E-state index contributed by atoms with van der Waals surface area (Å²) in [5, 5.41) is 24.1. The third kappa shape index (κ3) is 3.87. The van der Waals surface area contributed by atoms with E-state index in [1.165, 1.54) is 6.07 Å². The quantitative estimate of drug-likeness (QED) is 0.632. The molecule has 2 aromatic carbocycles. The molecule has 0 spiro atoms. The lowest BCUT2D eigenvalue weighted by Crippen LogP contribution is -2.22. The van der Waals surface area contributed by atoms with E-state index in [9.17, 15) is 15.2 Å².